The lowest BCUT2D eigenvalue weighted by Crippen LogP contribution is -2.14. The van der Waals surface area contributed by atoms with E-state index in [1.807, 2.05) is 0 Å². The zero-order valence-corrected chi connectivity index (χ0v) is 16.6. The number of pyridine rings is 1. The van der Waals surface area contributed by atoms with Gasteiger partial charge in [0.15, 0.2) is 11.0 Å². The van der Waals surface area contributed by atoms with Crippen LogP contribution in [0.1, 0.15) is 0 Å². The number of halogens is 2. The summed E-state index contributed by atoms with van der Waals surface area (Å²) < 4.78 is 40.6. The van der Waals surface area contributed by atoms with Crippen molar-refractivity contribution in [3.05, 3.63) is 76.1 Å². The molecule has 0 aliphatic carbocycles. The quantitative estimate of drug-likeness (QED) is 0.413. The zero-order valence-electron chi connectivity index (χ0n) is 15.1. The second-order valence-corrected chi connectivity index (χ2v) is 8.35. The number of aromatic nitrogens is 3. The highest BCUT2D eigenvalue weighted by Gasteiger charge is 2.17. The van der Waals surface area contributed by atoms with E-state index in [1.54, 1.807) is 18.2 Å². The van der Waals surface area contributed by atoms with Gasteiger partial charge in [-0.05, 0) is 48.0 Å². The van der Waals surface area contributed by atoms with Gasteiger partial charge in [0.1, 0.15) is 5.82 Å². The number of fused-ring (bicyclic) bond motifs is 1. The van der Waals surface area contributed by atoms with E-state index >= 15 is 0 Å². The normalized spacial score (nSPS) is 11.5. The predicted molar refractivity (Wildman–Crippen MR) is 112 cm³/mol. The van der Waals surface area contributed by atoms with Crippen molar-refractivity contribution < 1.29 is 12.8 Å². The average Bonchev–Trinajstić information content (AvgIpc) is 2.70. The first-order chi connectivity index (χ1) is 14.2. The molecule has 4 N–H and O–H groups in total. The van der Waals surface area contributed by atoms with Crippen LogP contribution in [0.5, 0.6) is 0 Å². The maximum atomic E-state index is 13.1. The van der Waals surface area contributed by atoms with E-state index in [4.69, 9.17) is 17.3 Å². The summed E-state index contributed by atoms with van der Waals surface area (Å²) in [5.41, 5.74) is 7.17. The van der Waals surface area contributed by atoms with Crippen molar-refractivity contribution in [1.29, 1.82) is 0 Å². The molecular weight excluding hydrogens is 433 g/mol. The van der Waals surface area contributed by atoms with Gasteiger partial charge >= 0.3 is 0 Å². The summed E-state index contributed by atoms with van der Waals surface area (Å²) in [6.07, 6.45) is 1.46. The van der Waals surface area contributed by atoms with Gasteiger partial charge in [0.25, 0.3) is 15.6 Å². The Morgan fingerprint density at radius 2 is 1.80 bits per heavy atom. The number of benzene rings is 2. The van der Waals surface area contributed by atoms with E-state index in [2.05, 4.69) is 19.7 Å². The van der Waals surface area contributed by atoms with E-state index < -0.39 is 21.4 Å². The first-order valence-corrected chi connectivity index (χ1v) is 10.3. The van der Waals surface area contributed by atoms with E-state index in [1.165, 1.54) is 12.3 Å². The molecule has 0 saturated heterocycles. The lowest BCUT2D eigenvalue weighted by atomic mass is 10.1. The fraction of sp³-hybridized carbons (Fsp3) is 0. The Labute approximate surface area is 174 Å². The van der Waals surface area contributed by atoms with Crippen molar-refractivity contribution in [2.24, 2.45) is 0 Å². The number of hydrogen-bond acceptors (Lipinski definition) is 6. The van der Waals surface area contributed by atoms with Crippen LogP contribution in [0.4, 0.5) is 15.9 Å². The first-order valence-electron chi connectivity index (χ1n) is 8.47. The molecule has 2 aromatic carbocycles. The number of nitrogens with zero attached hydrogens (tertiary/aromatic N) is 2. The van der Waals surface area contributed by atoms with Crippen molar-refractivity contribution >= 4 is 44.2 Å². The molecule has 0 spiro atoms. The second-order valence-electron chi connectivity index (χ2n) is 6.30. The van der Waals surface area contributed by atoms with Crippen LogP contribution < -0.4 is 16.0 Å². The SMILES string of the molecule is Nc1nc2ccc(-c3cnc(Cl)c(NS(=O)(=O)c4ccc(F)cc4)c3)cc2[nH]c1=O. The molecule has 0 aliphatic heterocycles. The third-order valence-electron chi connectivity index (χ3n) is 4.26. The summed E-state index contributed by atoms with van der Waals surface area (Å²) in [6, 6.07) is 10.9. The molecule has 0 bridgehead atoms. The maximum Gasteiger partial charge on any atom is 0.290 e. The number of sulfonamides is 1. The highest BCUT2D eigenvalue weighted by atomic mass is 35.5. The van der Waals surface area contributed by atoms with Gasteiger partial charge in [0.2, 0.25) is 0 Å². The Kier molecular flexibility index (Phi) is 4.88. The van der Waals surface area contributed by atoms with Crippen molar-refractivity contribution in [3.8, 4) is 11.1 Å². The van der Waals surface area contributed by atoms with Crippen molar-refractivity contribution in [1.82, 2.24) is 15.0 Å². The number of nitrogens with two attached hydrogens (primary N) is 1. The fourth-order valence-corrected chi connectivity index (χ4v) is 4.04. The summed E-state index contributed by atoms with van der Waals surface area (Å²) in [6.45, 7) is 0. The third-order valence-corrected chi connectivity index (χ3v) is 5.94. The summed E-state index contributed by atoms with van der Waals surface area (Å²) >= 11 is 6.07. The molecule has 0 atom stereocenters. The summed E-state index contributed by atoms with van der Waals surface area (Å²) in [5.74, 6) is -0.692. The Hall–Kier alpha value is -3.50. The molecule has 0 amide bonds. The van der Waals surface area contributed by atoms with Gasteiger partial charge < -0.3 is 10.7 Å². The van der Waals surface area contributed by atoms with E-state index in [0.29, 0.717) is 22.2 Å². The van der Waals surface area contributed by atoms with Crippen LogP contribution in [0.3, 0.4) is 0 Å². The lowest BCUT2D eigenvalue weighted by Gasteiger charge is -2.11. The van der Waals surface area contributed by atoms with E-state index in [-0.39, 0.29) is 21.6 Å². The van der Waals surface area contributed by atoms with Crippen molar-refractivity contribution in [3.63, 3.8) is 0 Å². The van der Waals surface area contributed by atoms with Crippen LogP contribution in [-0.4, -0.2) is 23.4 Å². The predicted octanol–water partition coefficient (Wildman–Crippen LogP) is 3.16. The van der Waals surface area contributed by atoms with Gasteiger partial charge in [-0.25, -0.2) is 22.8 Å². The molecule has 152 valence electrons. The Bertz CT molecular complexity index is 1440. The standard InChI is InChI=1S/C19H13ClFN5O3S/c20-17-16(26-30(28,29)13-4-2-12(21)3-5-13)8-11(9-23-17)10-1-6-14-15(7-10)25-19(27)18(22)24-14/h1-9,26H,(H2,22,24)(H,25,27). The van der Waals surface area contributed by atoms with Crippen LogP contribution in [0.2, 0.25) is 5.15 Å². The molecule has 0 unspecified atom stereocenters. The minimum Gasteiger partial charge on any atom is -0.379 e. The van der Waals surface area contributed by atoms with Crippen LogP contribution >= 0.6 is 11.6 Å². The third kappa shape index (κ3) is 3.82. The van der Waals surface area contributed by atoms with Crippen molar-refractivity contribution in [2.45, 2.75) is 4.90 Å². The minimum absolute atomic E-state index is 0.0440. The molecule has 11 heteroatoms. The molecule has 0 aliphatic rings. The lowest BCUT2D eigenvalue weighted by molar-refractivity contribution is 0.599. The highest BCUT2D eigenvalue weighted by molar-refractivity contribution is 7.92. The smallest absolute Gasteiger partial charge is 0.290 e. The Morgan fingerprint density at radius 3 is 2.53 bits per heavy atom. The summed E-state index contributed by atoms with van der Waals surface area (Å²) in [7, 11) is -4.01. The molecular formula is C19H13ClFN5O3S. The number of nitrogens with one attached hydrogen (secondary N) is 2. The van der Waals surface area contributed by atoms with Gasteiger partial charge in [-0.2, -0.15) is 0 Å². The number of nitrogen functional groups attached to an aromatic ring is 1. The van der Waals surface area contributed by atoms with Crippen LogP contribution in [0.25, 0.3) is 22.2 Å². The highest BCUT2D eigenvalue weighted by Crippen LogP contribution is 2.29. The number of aromatic amines is 1. The van der Waals surface area contributed by atoms with E-state index in [0.717, 1.165) is 24.3 Å². The van der Waals surface area contributed by atoms with Gasteiger partial charge in [-0.1, -0.05) is 17.7 Å². The van der Waals surface area contributed by atoms with Crippen LogP contribution in [0.15, 0.2) is 64.4 Å². The second kappa shape index (κ2) is 7.39. The van der Waals surface area contributed by atoms with Crippen LogP contribution in [0, 0.1) is 5.82 Å². The van der Waals surface area contributed by atoms with Gasteiger partial charge in [0.05, 0.1) is 21.6 Å². The molecule has 8 nitrogen and oxygen atoms in total. The number of H-pyrrole nitrogens is 1. The fourth-order valence-electron chi connectivity index (χ4n) is 2.78. The molecule has 4 rings (SSSR count). The Morgan fingerprint density at radius 1 is 1.07 bits per heavy atom. The van der Waals surface area contributed by atoms with Gasteiger partial charge in [-0.3, -0.25) is 9.52 Å². The largest absolute Gasteiger partial charge is 0.379 e. The number of anilines is 2. The zero-order chi connectivity index (χ0) is 21.5. The van der Waals surface area contributed by atoms with Crippen LogP contribution in [-0.2, 0) is 10.0 Å². The van der Waals surface area contributed by atoms with Gasteiger partial charge in [0, 0.05) is 11.8 Å². The molecule has 2 heterocycles. The minimum atomic E-state index is -4.01. The molecule has 30 heavy (non-hydrogen) atoms. The van der Waals surface area contributed by atoms with Crippen molar-refractivity contribution in [2.75, 3.05) is 10.5 Å². The molecule has 4 aromatic rings. The first kappa shape index (κ1) is 19.8. The molecule has 0 fully saturated rings. The summed E-state index contributed by atoms with van der Waals surface area (Å²) in [5, 5.41) is -0.0620. The topological polar surface area (TPSA) is 131 Å². The molecule has 2 aromatic heterocycles. The van der Waals surface area contributed by atoms with E-state index in [9.17, 15) is 17.6 Å². The molecule has 0 saturated carbocycles. The average molecular weight is 446 g/mol. The molecule has 0 radical (unpaired) electrons. The summed E-state index contributed by atoms with van der Waals surface area (Å²) in [4.78, 5) is 22.3. The number of hydrogen-bond donors (Lipinski definition) is 3. The monoisotopic (exact) mass is 445 g/mol. The van der Waals surface area contributed by atoms with Gasteiger partial charge in [-0.15, -0.1) is 0 Å². The Balaban J connectivity index is 1.73. The number of rotatable bonds is 4. The maximum absolute atomic E-state index is 13.1.